The van der Waals surface area contributed by atoms with Crippen molar-refractivity contribution in [2.24, 2.45) is 0 Å². The summed E-state index contributed by atoms with van der Waals surface area (Å²) in [6.45, 7) is 0. The van der Waals surface area contributed by atoms with E-state index in [0.717, 1.165) is 16.7 Å². The first-order valence-corrected chi connectivity index (χ1v) is 5.68. The van der Waals surface area contributed by atoms with Crippen molar-refractivity contribution in [3.63, 3.8) is 0 Å². The van der Waals surface area contributed by atoms with Gasteiger partial charge in [-0.1, -0.05) is 42.5 Å². The molecule has 2 aromatic rings. The third kappa shape index (κ3) is 2.05. The largest absolute Gasteiger partial charge is 0.496 e. The number of hydrogen-bond donors (Lipinski definition) is 0. The van der Waals surface area contributed by atoms with Crippen LogP contribution in [0.4, 0.5) is 0 Å². The van der Waals surface area contributed by atoms with Gasteiger partial charge in [0.15, 0.2) is 0 Å². The molecule has 0 spiro atoms. The van der Waals surface area contributed by atoms with E-state index in [4.69, 9.17) is 16.3 Å². The number of methoxy groups -OCH3 is 1. The summed E-state index contributed by atoms with van der Waals surface area (Å²) in [5.41, 5.74) is 1.16. The molecule has 0 fully saturated rings. The number of hydrogen-bond acceptors (Lipinski definition) is 1. The van der Waals surface area contributed by atoms with Gasteiger partial charge in [-0.3, -0.25) is 0 Å². The van der Waals surface area contributed by atoms with Gasteiger partial charge in [-0.2, -0.15) is 0 Å². The minimum atomic E-state index is 0.528. The van der Waals surface area contributed by atoms with E-state index in [1.54, 1.807) is 7.11 Å². The highest BCUT2D eigenvalue weighted by Crippen LogP contribution is 2.28. The maximum absolute atomic E-state index is 5.65. The van der Waals surface area contributed by atoms with Gasteiger partial charge in [-0.25, -0.2) is 0 Å². The standard InChI is InChI=1S/C14H13ClO/c1-16-14-9-8-11(5-4-10-15)12-6-2-3-7-13(12)14/h2-9H,10H2,1H3. The van der Waals surface area contributed by atoms with Gasteiger partial charge >= 0.3 is 0 Å². The lowest BCUT2D eigenvalue weighted by atomic mass is 10.0. The van der Waals surface area contributed by atoms with Crippen LogP contribution < -0.4 is 4.74 Å². The highest BCUT2D eigenvalue weighted by atomic mass is 35.5. The zero-order chi connectivity index (χ0) is 11.4. The van der Waals surface area contributed by atoms with Crippen molar-refractivity contribution in [3.8, 4) is 5.75 Å². The lowest BCUT2D eigenvalue weighted by molar-refractivity contribution is 0.420. The first-order chi connectivity index (χ1) is 7.86. The number of allylic oxidation sites excluding steroid dienone is 1. The van der Waals surface area contributed by atoms with Crippen LogP contribution in [0.2, 0.25) is 0 Å². The van der Waals surface area contributed by atoms with Crippen LogP contribution in [0, 0.1) is 0 Å². The predicted octanol–water partition coefficient (Wildman–Crippen LogP) is 4.10. The van der Waals surface area contributed by atoms with E-state index in [2.05, 4.69) is 12.1 Å². The molecule has 0 unspecified atom stereocenters. The van der Waals surface area contributed by atoms with Crippen LogP contribution in [-0.4, -0.2) is 13.0 Å². The molecular weight excluding hydrogens is 220 g/mol. The summed E-state index contributed by atoms with van der Waals surface area (Å²) in [7, 11) is 1.69. The topological polar surface area (TPSA) is 9.23 Å². The van der Waals surface area contributed by atoms with Gasteiger partial charge in [-0.15, -0.1) is 11.6 Å². The van der Waals surface area contributed by atoms with Gasteiger partial charge < -0.3 is 4.74 Å². The summed E-state index contributed by atoms with van der Waals surface area (Å²) in [6.07, 6.45) is 3.98. The summed E-state index contributed by atoms with van der Waals surface area (Å²) in [5, 5.41) is 2.31. The molecule has 0 atom stereocenters. The molecule has 0 amide bonds. The van der Waals surface area contributed by atoms with Crippen molar-refractivity contribution >= 4 is 28.4 Å². The fourth-order valence-electron chi connectivity index (χ4n) is 1.79. The Hall–Kier alpha value is -1.47. The molecule has 0 aliphatic carbocycles. The van der Waals surface area contributed by atoms with Gasteiger partial charge in [0.2, 0.25) is 0 Å². The number of halogens is 1. The third-order valence-corrected chi connectivity index (χ3v) is 2.70. The molecule has 0 radical (unpaired) electrons. The summed E-state index contributed by atoms with van der Waals surface area (Å²) in [5.74, 6) is 1.43. The second kappa shape index (κ2) is 5.04. The van der Waals surface area contributed by atoms with Crippen LogP contribution in [0.5, 0.6) is 5.75 Å². The molecule has 1 nitrogen and oxygen atoms in total. The van der Waals surface area contributed by atoms with Crippen molar-refractivity contribution in [3.05, 3.63) is 48.0 Å². The highest BCUT2D eigenvalue weighted by Gasteiger charge is 2.03. The highest BCUT2D eigenvalue weighted by molar-refractivity contribution is 6.19. The second-order valence-corrected chi connectivity index (χ2v) is 3.77. The Morgan fingerprint density at radius 3 is 2.56 bits per heavy atom. The molecule has 0 aromatic heterocycles. The Balaban J connectivity index is 2.64. The Labute approximate surface area is 100 Å². The van der Waals surface area contributed by atoms with E-state index < -0.39 is 0 Å². The maximum atomic E-state index is 5.65. The first-order valence-electron chi connectivity index (χ1n) is 5.15. The van der Waals surface area contributed by atoms with Gasteiger partial charge in [0.05, 0.1) is 7.11 Å². The van der Waals surface area contributed by atoms with E-state index in [1.807, 2.05) is 36.4 Å². The first kappa shape index (κ1) is 11.0. The van der Waals surface area contributed by atoms with Crippen LogP contribution in [0.1, 0.15) is 5.56 Å². The smallest absolute Gasteiger partial charge is 0.126 e. The molecule has 2 heteroatoms. The number of benzene rings is 2. The summed E-state index contributed by atoms with van der Waals surface area (Å²) in [4.78, 5) is 0. The maximum Gasteiger partial charge on any atom is 0.126 e. The zero-order valence-corrected chi connectivity index (χ0v) is 9.87. The number of ether oxygens (including phenoxy) is 1. The van der Waals surface area contributed by atoms with Crippen LogP contribution in [0.15, 0.2) is 42.5 Å². The SMILES string of the molecule is COc1ccc(C=CCCl)c2ccccc12. The van der Waals surface area contributed by atoms with E-state index >= 15 is 0 Å². The molecule has 0 N–H and O–H groups in total. The molecule has 2 rings (SSSR count). The average molecular weight is 233 g/mol. The van der Waals surface area contributed by atoms with Crippen molar-refractivity contribution in [1.82, 2.24) is 0 Å². The molecule has 0 heterocycles. The monoisotopic (exact) mass is 232 g/mol. The second-order valence-electron chi connectivity index (χ2n) is 3.46. The lowest BCUT2D eigenvalue weighted by Gasteiger charge is -2.07. The van der Waals surface area contributed by atoms with Crippen LogP contribution in [0.25, 0.3) is 16.8 Å². The van der Waals surface area contributed by atoms with Gasteiger partial charge in [-0.05, 0) is 17.0 Å². The van der Waals surface area contributed by atoms with E-state index in [-0.39, 0.29) is 0 Å². The van der Waals surface area contributed by atoms with Crippen molar-refractivity contribution in [2.75, 3.05) is 13.0 Å². The molecule has 2 aromatic carbocycles. The van der Waals surface area contributed by atoms with E-state index in [0.29, 0.717) is 5.88 Å². The van der Waals surface area contributed by atoms with E-state index in [9.17, 15) is 0 Å². The van der Waals surface area contributed by atoms with E-state index in [1.165, 1.54) is 5.39 Å². The van der Waals surface area contributed by atoms with Crippen molar-refractivity contribution < 1.29 is 4.74 Å². The Kier molecular flexibility index (Phi) is 3.47. The predicted molar refractivity (Wildman–Crippen MR) is 70.3 cm³/mol. The Bertz CT molecular complexity index is 517. The number of rotatable bonds is 3. The third-order valence-electron chi connectivity index (χ3n) is 2.52. The van der Waals surface area contributed by atoms with Crippen molar-refractivity contribution in [1.29, 1.82) is 0 Å². The minimum Gasteiger partial charge on any atom is -0.496 e. The quantitative estimate of drug-likeness (QED) is 0.724. The average Bonchev–Trinajstić information content (AvgIpc) is 2.36. The van der Waals surface area contributed by atoms with Gasteiger partial charge in [0.1, 0.15) is 5.75 Å². The molecule has 82 valence electrons. The fourth-order valence-corrected chi connectivity index (χ4v) is 1.88. The fraction of sp³-hybridized carbons (Fsp3) is 0.143. The van der Waals surface area contributed by atoms with Crippen molar-refractivity contribution in [2.45, 2.75) is 0 Å². The number of fused-ring (bicyclic) bond motifs is 1. The van der Waals surface area contributed by atoms with Crippen LogP contribution in [0.3, 0.4) is 0 Å². The van der Waals surface area contributed by atoms with Gasteiger partial charge in [0, 0.05) is 11.3 Å². The summed E-state index contributed by atoms with van der Waals surface area (Å²) >= 11 is 5.65. The molecule has 16 heavy (non-hydrogen) atoms. The molecular formula is C14H13ClO. The molecule has 0 aliphatic heterocycles. The van der Waals surface area contributed by atoms with Gasteiger partial charge in [0.25, 0.3) is 0 Å². The molecule has 0 saturated carbocycles. The molecule has 0 bridgehead atoms. The Morgan fingerprint density at radius 1 is 1.12 bits per heavy atom. The number of alkyl halides is 1. The molecule has 0 aliphatic rings. The van der Waals surface area contributed by atoms with Crippen LogP contribution in [-0.2, 0) is 0 Å². The Morgan fingerprint density at radius 2 is 1.88 bits per heavy atom. The summed E-state index contributed by atoms with van der Waals surface area (Å²) in [6, 6.07) is 12.2. The lowest BCUT2D eigenvalue weighted by Crippen LogP contribution is -1.86. The summed E-state index contributed by atoms with van der Waals surface area (Å²) < 4.78 is 5.34. The molecule has 0 saturated heterocycles. The zero-order valence-electron chi connectivity index (χ0n) is 9.11. The minimum absolute atomic E-state index is 0.528. The normalized spacial score (nSPS) is 11.1. The van der Waals surface area contributed by atoms with Crippen LogP contribution >= 0.6 is 11.6 Å².